The van der Waals surface area contributed by atoms with Crippen molar-refractivity contribution in [1.82, 2.24) is 5.32 Å². The van der Waals surface area contributed by atoms with Crippen molar-refractivity contribution in [1.29, 1.82) is 0 Å². The van der Waals surface area contributed by atoms with Crippen molar-refractivity contribution in [2.24, 2.45) is 0 Å². The van der Waals surface area contributed by atoms with Gasteiger partial charge in [0.1, 0.15) is 11.4 Å². The molecule has 5 heteroatoms. The number of nitrogens with one attached hydrogen (secondary N) is 2. The summed E-state index contributed by atoms with van der Waals surface area (Å²) in [5, 5.41) is 5.54. The second-order valence-electron chi connectivity index (χ2n) is 6.44. The van der Waals surface area contributed by atoms with Crippen molar-refractivity contribution in [3.8, 4) is 5.75 Å². The van der Waals surface area contributed by atoms with E-state index >= 15 is 0 Å². The highest BCUT2D eigenvalue weighted by Gasteiger charge is 2.16. The Bertz CT molecular complexity index is 1030. The summed E-state index contributed by atoms with van der Waals surface area (Å²) in [5.41, 5.74) is 2.98. The van der Waals surface area contributed by atoms with E-state index in [1.807, 2.05) is 55.5 Å². The number of para-hydroxylation sites is 1. The molecular formula is C24H22N2O3. The number of methoxy groups -OCH3 is 1. The summed E-state index contributed by atoms with van der Waals surface area (Å²) >= 11 is 0. The topological polar surface area (TPSA) is 67.4 Å². The molecular weight excluding hydrogens is 364 g/mol. The highest BCUT2D eigenvalue weighted by molar-refractivity contribution is 6.10. The third-order valence-corrected chi connectivity index (χ3v) is 4.28. The first kappa shape index (κ1) is 19.9. The summed E-state index contributed by atoms with van der Waals surface area (Å²) in [6.07, 6.45) is 1.60. The number of amides is 2. The fourth-order valence-electron chi connectivity index (χ4n) is 2.72. The van der Waals surface area contributed by atoms with Crippen molar-refractivity contribution in [3.63, 3.8) is 0 Å². The van der Waals surface area contributed by atoms with Crippen LogP contribution in [0.25, 0.3) is 6.08 Å². The fraction of sp³-hybridized carbons (Fsp3) is 0.0833. The van der Waals surface area contributed by atoms with Gasteiger partial charge in [0.05, 0.1) is 7.11 Å². The lowest BCUT2D eigenvalue weighted by Crippen LogP contribution is -2.30. The zero-order valence-corrected chi connectivity index (χ0v) is 16.3. The fourth-order valence-corrected chi connectivity index (χ4v) is 2.72. The van der Waals surface area contributed by atoms with Crippen LogP contribution < -0.4 is 15.4 Å². The van der Waals surface area contributed by atoms with Crippen molar-refractivity contribution < 1.29 is 14.3 Å². The summed E-state index contributed by atoms with van der Waals surface area (Å²) in [5.74, 6) is -0.197. The van der Waals surface area contributed by atoms with Crippen LogP contribution in [0, 0.1) is 6.92 Å². The lowest BCUT2D eigenvalue weighted by atomic mass is 10.1. The molecule has 0 atom stereocenters. The monoisotopic (exact) mass is 386 g/mol. The molecule has 0 unspecified atom stereocenters. The molecule has 0 aromatic heterocycles. The Morgan fingerprint density at radius 1 is 0.862 bits per heavy atom. The van der Waals surface area contributed by atoms with E-state index in [4.69, 9.17) is 4.74 Å². The Morgan fingerprint density at radius 3 is 2.21 bits per heavy atom. The minimum absolute atomic E-state index is 0.115. The van der Waals surface area contributed by atoms with Crippen molar-refractivity contribution in [3.05, 3.63) is 101 Å². The molecule has 2 amide bonds. The van der Waals surface area contributed by atoms with Crippen LogP contribution in [0.2, 0.25) is 0 Å². The minimum atomic E-state index is -0.427. The molecule has 146 valence electrons. The van der Waals surface area contributed by atoms with Crippen LogP contribution in [0.3, 0.4) is 0 Å². The molecule has 0 bridgehead atoms. The van der Waals surface area contributed by atoms with Crippen molar-refractivity contribution in [2.75, 3.05) is 12.4 Å². The Morgan fingerprint density at radius 2 is 1.52 bits per heavy atom. The van der Waals surface area contributed by atoms with Crippen molar-refractivity contribution >= 4 is 23.6 Å². The molecule has 29 heavy (non-hydrogen) atoms. The van der Waals surface area contributed by atoms with Gasteiger partial charge in [0.2, 0.25) is 0 Å². The van der Waals surface area contributed by atoms with Gasteiger partial charge < -0.3 is 15.4 Å². The SMILES string of the molecule is COc1ccccc1C=C(NC(=O)c1ccccc1)C(=O)Nc1ccc(C)cc1. The molecule has 0 radical (unpaired) electrons. The maximum atomic E-state index is 12.9. The molecule has 0 saturated carbocycles. The Labute approximate surface area is 170 Å². The van der Waals surface area contributed by atoms with E-state index in [0.717, 1.165) is 5.56 Å². The molecule has 3 aromatic carbocycles. The van der Waals surface area contributed by atoms with E-state index in [2.05, 4.69) is 10.6 Å². The average Bonchev–Trinajstić information content (AvgIpc) is 2.75. The van der Waals surface area contributed by atoms with Gasteiger partial charge in [-0.05, 0) is 43.3 Å². The van der Waals surface area contributed by atoms with Crippen LogP contribution >= 0.6 is 0 Å². The van der Waals surface area contributed by atoms with Crippen LogP contribution in [0.1, 0.15) is 21.5 Å². The van der Waals surface area contributed by atoms with Gasteiger partial charge in [-0.3, -0.25) is 9.59 Å². The van der Waals surface area contributed by atoms with Gasteiger partial charge in [-0.2, -0.15) is 0 Å². The first-order valence-corrected chi connectivity index (χ1v) is 9.16. The van der Waals surface area contributed by atoms with Gasteiger partial charge in [0, 0.05) is 16.8 Å². The largest absolute Gasteiger partial charge is 0.496 e. The first-order chi connectivity index (χ1) is 14.1. The molecule has 0 aliphatic carbocycles. The van der Waals surface area contributed by atoms with Gasteiger partial charge >= 0.3 is 0 Å². The Balaban J connectivity index is 1.92. The zero-order valence-electron chi connectivity index (χ0n) is 16.3. The van der Waals surface area contributed by atoms with E-state index < -0.39 is 5.91 Å². The smallest absolute Gasteiger partial charge is 0.272 e. The molecule has 0 aliphatic heterocycles. The summed E-state index contributed by atoms with van der Waals surface area (Å²) in [6.45, 7) is 1.97. The standard InChI is InChI=1S/C24H22N2O3/c1-17-12-14-20(15-13-17)25-24(28)21(16-19-10-6-7-11-22(19)29-2)26-23(27)18-8-4-3-5-9-18/h3-16H,1-2H3,(H,25,28)(H,26,27). The second kappa shape index (κ2) is 9.37. The molecule has 2 N–H and O–H groups in total. The van der Waals surface area contributed by atoms with Crippen LogP contribution in [-0.2, 0) is 4.79 Å². The predicted octanol–water partition coefficient (Wildman–Crippen LogP) is 4.41. The lowest BCUT2D eigenvalue weighted by molar-refractivity contribution is -0.113. The average molecular weight is 386 g/mol. The molecule has 0 fully saturated rings. The van der Waals surface area contributed by atoms with Gasteiger partial charge in [-0.1, -0.05) is 54.1 Å². The number of carbonyl (C=O) groups excluding carboxylic acids is 2. The molecule has 0 aliphatic rings. The lowest BCUT2D eigenvalue weighted by Gasteiger charge is -2.12. The molecule has 0 spiro atoms. The summed E-state index contributed by atoms with van der Waals surface area (Å²) in [6, 6.07) is 23.5. The number of aryl methyl sites for hydroxylation is 1. The maximum Gasteiger partial charge on any atom is 0.272 e. The first-order valence-electron chi connectivity index (χ1n) is 9.16. The van der Waals surface area contributed by atoms with E-state index in [0.29, 0.717) is 22.6 Å². The number of carbonyl (C=O) groups is 2. The maximum absolute atomic E-state index is 12.9. The van der Waals surface area contributed by atoms with Gasteiger partial charge in [0.15, 0.2) is 0 Å². The summed E-state index contributed by atoms with van der Waals surface area (Å²) in [4.78, 5) is 25.6. The number of anilines is 1. The predicted molar refractivity (Wildman–Crippen MR) is 115 cm³/mol. The van der Waals surface area contributed by atoms with Crippen LogP contribution in [-0.4, -0.2) is 18.9 Å². The van der Waals surface area contributed by atoms with Crippen LogP contribution in [0.5, 0.6) is 5.75 Å². The zero-order chi connectivity index (χ0) is 20.6. The second-order valence-corrected chi connectivity index (χ2v) is 6.44. The van der Waals surface area contributed by atoms with Gasteiger partial charge in [0.25, 0.3) is 11.8 Å². The quantitative estimate of drug-likeness (QED) is 0.617. The van der Waals surface area contributed by atoms with Gasteiger partial charge in [-0.15, -0.1) is 0 Å². The molecule has 3 rings (SSSR count). The highest BCUT2D eigenvalue weighted by atomic mass is 16.5. The van der Waals surface area contributed by atoms with Gasteiger partial charge in [-0.25, -0.2) is 0 Å². The number of hydrogen-bond acceptors (Lipinski definition) is 3. The Kier molecular flexibility index (Phi) is 6.43. The number of ether oxygens (including phenoxy) is 1. The number of hydrogen-bond donors (Lipinski definition) is 2. The van der Waals surface area contributed by atoms with E-state index in [-0.39, 0.29) is 11.6 Å². The third kappa shape index (κ3) is 5.32. The van der Waals surface area contributed by atoms with Crippen LogP contribution in [0.4, 0.5) is 5.69 Å². The van der Waals surface area contributed by atoms with Crippen molar-refractivity contribution in [2.45, 2.75) is 6.92 Å². The van der Waals surface area contributed by atoms with Crippen LogP contribution in [0.15, 0.2) is 84.6 Å². The summed E-state index contributed by atoms with van der Waals surface area (Å²) in [7, 11) is 1.56. The minimum Gasteiger partial charge on any atom is -0.496 e. The molecule has 5 nitrogen and oxygen atoms in total. The normalized spacial score (nSPS) is 10.9. The number of benzene rings is 3. The van der Waals surface area contributed by atoms with E-state index in [9.17, 15) is 9.59 Å². The molecule has 0 heterocycles. The van der Waals surface area contributed by atoms with E-state index in [1.54, 1.807) is 43.5 Å². The third-order valence-electron chi connectivity index (χ3n) is 4.28. The van der Waals surface area contributed by atoms with E-state index in [1.165, 1.54) is 0 Å². The molecule has 0 saturated heterocycles. The Hall–Kier alpha value is -3.86. The molecule has 3 aromatic rings. The highest BCUT2D eigenvalue weighted by Crippen LogP contribution is 2.21. The number of rotatable bonds is 6. The summed E-state index contributed by atoms with van der Waals surface area (Å²) < 4.78 is 5.36.